The first-order chi connectivity index (χ1) is 16.8. The molecule has 7 heteroatoms. The monoisotopic (exact) mass is 454 g/mol. The number of hydrogen-bond acceptors (Lipinski definition) is 5. The predicted molar refractivity (Wildman–Crippen MR) is 134 cm³/mol. The van der Waals surface area contributed by atoms with E-state index in [1.54, 1.807) is 18.6 Å². The highest BCUT2D eigenvalue weighted by molar-refractivity contribution is 6.06. The number of nitrogens with one attached hydrogen (secondary N) is 1. The summed E-state index contributed by atoms with van der Waals surface area (Å²) in [4.78, 5) is 24.8. The summed E-state index contributed by atoms with van der Waals surface area (Å²) in [7, 11) is 0. The molecule has 1 saturated heterocycles. The van der Waals surface area contributed by atoms with E-state index in [1.165, 1.54) is 32.4 Å². The van der Waals surface area contributed by atoms with Gasteiger partial charge in [0.05, 0.1) is 29.4 Å². The van der Waals surface area contributed by atoms with E-state index in [4.69, 9.17) is 4.98 Å². The van der Waals surface area contributed by atoms with Crippen molar-refractivity contribution in [2.75, 3.05) is 26.2 Å². The summed E-state index contributed by atoms with van der Waals surface area (Å²) < 4.78 is 1.85. The summed E-state index contributed by atoms with van der Waals surface area (Å²) >= 11 is 0. The van der Waals surface area contributed by atoms with E-state index in [9.17, 15) is 4.79 Å². The van der Waals surface area contributed by atoms with Crippen molar-refractivity contribution in [3.8, 4) is 11.3 Å². The number of pyridine rings is 2. The highest BCUT2D eigenvalue weighted by Gasteiger charge is 2.18. The number of carbonyl (C=O) groups excluding carboxylic acids is 1. The highest BCUT2D eigenvalue weighted by Crippen LogP contribution is 2.25. The van der Waals surface area contributed by atoms with Gasteiger partial charge in [0.25, 0.3) is 5.91 Å². The summed E-state index contributed by atoms with van der Waals surface area (Å²) in [5.41, 5.74) is 4.14. The Morgan fingerprint density at radius 2 is 1.79 bits per heavy atom. The van der Waals surface area contributed by atoms with Crippen LogP contribution in [0.2, 0.25) is 0 Å². The molecule has 0 radical (unpaired) electrons. The number of fused-ring (bicyclic) bond motifs is 1. The van der Waals surface area contributed by atoms with E-state index in [2.05, 4.69) is 20.3 Å². The number of aromatic nitrogens is 4. The summed E-state index contributed by atoms with van der Waals surface area (Å²) in [6.07, 6.45) is 10.1. The number of piperidine rings is 1. The van der Waals surface area contributed by atoms with E-state index in [1.807, 2.05) is 53.2 Å². The normalized spacial score (nSPS) is 14.4. The summed E-state index contributed by atoms with van der Waals surface area (Å²) in [5.74, 6) is -0.0771. The average Bonchev–Trinajstić information content (AvgIpc) is 3.30. The Bertz CT molecular complexity index is 1230. The van der Waals surface area contributed by atoms with Crippen molar-refractivity contribution in [3.63, 3.8) is 0 Å². The van der Waals surface area contributed by atoms with Crippen LogP contribution in [-0.4, -0.2) is 56.7 Å². The van der Waals surface area contributed by atoms with Crippen LogP contribution in [0.25, 0.3) is 22.3 Å². The lowest BCUT2D eigenvalue weighted by Crippen LogP contribution is -2.33. The van der Waals surface area contributed by atoms with Gasteiger partial charge in [-0.05, 0) is 62.7 Å². The third-order valence-corrected chi connectivity index (χ3v) is 6.39. The minimum Gasteiger partial charge on any atom is -0.352 e. The van der Waals surface area contributed by atoms with Crippen LogP contribution < -0.4 is 5.32 Å². The summed E-state index contributed by atoms with van der Waals surface area (Å²) in [5, 5.41) is 8.47. The van der Waals surface area contributed by atoms with Gasteiger partial charge < -0.3 is 10.2 Å². The molecule has 3 aromatic heterocycles. The zero-order valence-electron chi connectivity index (χ0n) is 19.4. The fourth-order valence-corrected chi connectivity index (χ4v) is 4.55. The van der Waals surface area contributed by atoms with Gasteiger partial charge in [-0.3, -0.25) is 9.78 Å². The van der Waals surface area contributed by atoms with Gasteiger partial charge in [0, 0.05) is 24.5 Å². The molecule has 5 rings (SSSR count). The lowest BCUT2D eigenvalue weighted by atomic mass is 10.1. The highest BCUT2D eigenvalue weighted by atomic mass is 16.1. The number of hydrogen-bond donors (Lipinski definition) is 1. The lowest BCUT2D eigenvalue weighted by molar-refractivity contribution is 0.0952. The molecule has 0 spiro atoms. The molecule has 1 amide bonds. The van der Waals surface area contributed by atoms with Gasteiger partial charge in [0.15, 0.2) is 5.65 Å². The molecule has 1 aromatic carbocycles. The number of benzene rings is 1. The van der Waals surface area contributed by atoms with Crippen LogP contribution in [0.4, 0.5) is 0 Å². The molecule has 0 bridgehead atoms. The van der Waals surface area contributed by atoms with Crippen molar-refractivity contribution < 1.29 is 4.79 Å². The van der Waals surface area contributed by atoms with Crippen LogP contribution in [0.15, 0.2) is 67.1 Å². The van der Waals surface area contributed by atoms with E-state index in [0.29, 0.717) is 24.3 Å². The van der Waals surface area contributed by atoms with Gasteiger partial charge in [-0.15, -0.1) is 0 Å². The molecule has 174 valence electrons. The summed E-state index contributed by atoms with van der Waals surface area (Å²) in [6.45, 7) is 4.61. The Kier molecular flexibility index (Phi) is 6.91. The molecule has 0 aliphatic carbocycles. The molecule has 0 unspecified atom stereocenters. The van der Waals surface area contributed by atoms with Crippen LogP contribution in [0, 0.1) is 0 Å². The predicted octanol–water partition coefficient (Wildman–Crippen LogP) is 4.15. The molecule has 4 heterocycles. The second-order valence-corrected chi connectivity index (χ2v) is 8.83. The molecule has 4 aromatic rings. The molecule has 1 N–H and O–H groups in total. The van der Waals surface area contributed by atoms with Crippen molar-refractivity contribution in [1.29, 1.82) is 0 Å². The van der Waals surface area contributed by atoms with Gasteiger partial charge >= 0.3 is 0 Å². The maximum absolute atomic E-state index is 13.3. The van der Waals surface area contributed by atoms with E-state index >= 15 is 0 Å². The zero-order chi connectivity index (χ0) is 23.2. The average molecular weight is 455 g/mol. The smallest absolute Gasteiger partial charge is 0.252 e. The van der Waals surface area contributed by atoms with E-state index < -0.39 is 0 Å². The fourth-order valence-electron chi connectivity index (χ4n) is 4.55. The number of nitrogens with zero attached hydrogens (tertiary/aromatic N) is 5. The Labute approximate surface area is 199 Å². The quantitative estimate of drug-likeness (QED) is 0.405. The number of carbonyl (C=O) groups is 1. The molecular formula is C27H30N6O. The third kappa shape index (κ3) is 5.15. The largest absolute Gasteiger partial charge is 0.352 e. The van der Waals surface area contributed by atoms with Gasteiger partial charge in [0.2, 0.25) is 0 Å². The van der Waals surface area contributed by atoms with Crippen LogP contribution >= 0.6 is 0 Å². The third-order valence-electron chi connectivity index (χ3n) is 6.39. The molecule has 0 atom stereocenters. The Hall–Kier alpha value is -3.58. The van der Waals surface area contributed by atoms with Crippen molar-refractivity contribution in [1.82, 2.24) is 30.0 Å². The van der Waals surface area contributed by atoms with E-state index in [0.717, 1.165) is 35.2 Å². The SMILES string of the molecule is O=C(NCCCN1CCCCC1)c1cc(-c2ccccc2)nc2c1cnn2Cc1ccncc1. The van der Waals surface area contributed by atoms with Crippen molar-refractivity contribution in [3.05, 3.63) is 78.2 Å². The molecular weight excluding hydrogens is 424 g/mol. The van der Waals surface area contributed by atoms with Gasteiger partial charge in [-0.25, -0.2) is 9.67 Å². The first-order valence-corrected chi connectivity index (χ1v) is 12.1. The Morgan fingerprint density at radius 1 is 1.00 bits per heavy atom. The first-order valence-electron chi connectivity index (χ1n) is 12.1. The number of likely N-dealkylation sites (tertiary alicyclic amines) is 1. The van der Waals surface area contributed by atoms with Crippen LogP contribution in [0.5, 0.6) is 0 Å². The minimum atomic E-state index is -0.0771. The summed E-state index contributed by atoms with van der Waals surface area (Å²) in [6, 6.07) is 15.8. The zero-order valence-corrected chi connectivity index (χ0v) is 19.4. The standard InChI is InChI=1S/C27H30N6O/c34-27(29-12-7-17-32-15-5-2-6-16-32)23-18-25(22-8-3-1-4-9-22)31-26-24(23)19-30-33(26)20-21-10-13-28-14-11-21/h1,3-4,8-11,13-14,18-19H,2,5-7,12,15-17,20H2,(H,29,34). The molecule has 1 fully saturated rings. The second-order valence-electron chi connectivity index (χ2n) is 8.83. The van der Waals surface area contributed by atoms with Crippen molar-refractivity contribution in [2.24, 2.45) is 0 Å². The minimum absolute atomic E-state index is 0.0771. The number of amides is 1. The molecule has 1 aliphatic heterocycles. The Morgan fingerprint density at radius 3 is 2.59 bits per heavy atom. The lowest BCUT2D eigenvalue weighted by Gasteiger charge is -2.26. The molecule has 0 saturated carbocycles. The first kappa shape index (κ1) is 22.2. The van der Waals surface area contributed by atoms with Crippen molar-refractivity contribution >= 4 is 16.9 Å². The Balaban J connectivity index is 1.39. The number of rotatable bonds is 8. The van der Waals surface area contributed by atoms with Gasteiger partial charge in [-0.2, -0.15) is 5.10 Å². The molecule has 34 heavy (non-hydrogen) atoms. The maximum atomic E-state index is 13.3. The second kappa shape index (κ2) is 10.6. The van der Waals surface area contributed by atoms with Crippen LogP contribution in [0.3, 0.4) is 0 Å². The fraction of sp³-hybridized carbons (Fsp3) is 0.333. The van der Waals surface area contributed by atoms with Gasteiger partial charge in [-0.1, -0.05) is 36.8 Å². The van der Waals surface area contributed by atoms with Crippen LogP contribution in [0.1, 0.15) is 41.6 Å². The molecule has 1 aliphatic rings. The van der Waals surface area contributed by atoms with Crippen LogP contribution in [-0.2, 0) is 6.54 Å². The van der Waals surface area contributed by atoms with E-state index in [-0.39, 0.29) is 5.91 Å². The van der Waals surface area contributed by atoms with Gasteiger partial charge in [0.1, 0.15) is 0 Å². The maximum Gasteiger partial charge on any atom is 0.252 e. The van der Waals surface area contributed by atoms with Crippen molar-refractivity contribution in [2.45, 2.75) is 32.2 Å². The topological polar surface area (TPSA) is 75.9 Å². The molecule has 7 nitrogen and oxygen atoms in total.